The van der Waals surface area contributed by atoms with Crippen LogP contribution in [0.25, 0.3) is 0 Å². The molecule has 6 nitrogen and oxygen atoms in total. The predicted octanol–water partition coefficient (Wildman–Crippen LogP) is 2.54. The van der Waals surface area contributed by atoms with E-state index in [0.29, 0.717) is 10.6 Å². The number of nitrogens with zero attached hydrogens (tertiary/aromatic N) is 1. The van der Waals surface area contributed by atoms with Gasteiger partial charge in [-0.1, -0.05) is 11.6 Å². The number of aromatic nitrogens is 1. The van der Waals surface area contributed by atoms with Gasteiger partial charge >= 0.3 is 5.97 Å². The smallest absolute Gasteiger partial charge is 0.337 e. The first kappa shape index (κ1) is 15.3. The van der Waals surface area contributed by atoms with Crippen LogP contribution in [0.5, 0.6) is 0 Å². The number of hydrogen-bond acceptors (Lipinski definition) is 4. The van der Waals surface area contributed by atoms with Crippen molar-refractivity contribution in [3.8, 4) is 0 Å². The first-order valence-corrected chi connectivity index (χ1v) is 7.63. The number of sulfonamides is 1. The van der Waals surface area contributed by atoms with Gasteiger partial charge in [0.15, 0.2) is 0 Å². The summed E-state index contributed by atoms with van der Waals surface area (Å²) in [5.74, 6) is -1.19. The number of carbonyl (C=O) groups is 1. The molecule has 21 heavy (non-hydrogen) atoms. The first-order valence-electron chi connectivity index (χ1n) is 5.77. The van der Waals surface area contributed by atoms with Crippen LogP contribution in [-0.2, 0) is 10.0 Å². The monoisotopic (exact) mass is 326 g/mol. The predicted molar refractivity (Wildman–Crippen MR) is 78.2 cm³/mol. The molecule has 0 amide bonds. The van der Waals surface area contributed by atoms with Gasteiger partial charge in [0.2, 0.25) is 0 Å². The molecule has 1 heterocycles. The lowest BCUT2D eigenvalue weighted by molar-refractivity contribution is 0.0696. The van der Waals surface area contributed by atoms with E-state index in [1.807, 2.05) is 0 Å². The molecular weight excluding hydrogens is 316 g/mol. The molecule has 0 bridgehead atoms. The van der Waals surface area contributed by atoms with E-state index in [2.05, 4.69) is 9.71 Å². The normalized spacial score (nSPS) is 11.1. The summed E-state index contributed by atoms with van der Waals surface area (Å²) in [5, 5.41) is 9.30. The average molecular weight is 327 g/mol. The Balaban J connectivity index is 2.37. The second kappa shape index (κ2) is 5.71. The van der Waals surface area contributed by atoms with Gasteiger partial charge in [0.1, 0.15) is 0 Å². The van der Waals surface area contributed by atoms with Crippen molar-refractivity contribution in [1.82, 2.24) is 4.98 Å². The molecule has 0 aliphatic heterocycles. The van der Waals surface area contributed by atoms with E-state index < -0.39 is 16.0 Å². The zero-order valence-corrected chi connectivity index (χ0v) is 12.4. The summed E-state index contributed by atoms with van der Waals surface area (Å²) in [4.78, 5) is 14.6. The van der Waals surface area contributed by atoms with Crippen LogP contribution < -0.4 is 4.72 Å². The van der Waals surface area contributed by atoms with E-state index in [0.717, 1.165) is 6.20 Å². The molecule has 0 spiro atoms. The van der Waals surface area contributed by atoms with Gasteiger partial charge in [-0.15, -0.1) is 0 Å². The number of aryl methyl sites for hydroxylation is 1. The van der Waals surface area contributed by atoms with Crippen LogP contribution in [0, 0.1) is 6.92 Å². The first-order chi connectivity index (χ1) is 9.79. The summed E-state index contributed by atoms with van der Waals surface area (Å²) in [7, 11) is -3.84. The number of aromatic carboxylic acids is 1. The number of rotatable bonds is 4. The van der Waals surface area contributed by atoms with Gasteiger partial charge in [-0.3, -0.25) is 9.71 Å². The molecule has 0 unspecified atom stereocenters. The number of hydrogen-bond donors (Lipinski definition) is 2. The Hall–Kier alpha value is -2.12. The molecule has 2 N–H and O–H groups in total. The van der Waals surface area contributed by atoms with Crippen LogP contribution in [0.2, 0.25) is 5.02 Å². The van der Waals surface area contributed by atoms with Crippen LogP contribution in [0.1, 0.15) is 15.9 Å². The number of benzene rings is 1. The highest BCUT2D eigenvalue weighted by Crippen LogP contribution is 2.22. The van der Waals surface area contributed by atoms with Crippen molar-refractivity contribution in [2.45, 2.75) is 11.8 Å². The van der Waals surface area contributed by atoms with E-state index in [4.69, 9.17) is 16.7 Å². The second-order valence-corrected chi connectivity index (χ2v) is 6.37. The highest BCUT2D eigenvalue weighted by Gasteiger charge is 2.18. The Morgan fingerprint density at radius 3 is 2.62 bits per heavy atom. The molecule has 1 aromatic carbocycles. The lowest BCUT2D eigenvalue weighted by Crippen LogP contribution is -2.15. The third-order valence-electron chi connectivity index (χ3n) is 2.66. The van der Waals surface area contributed by atoms with Crippen LogP contribution in [0.3, 0.4) is 0 Å². The zero-order chi connectivity index (χ0) is 15.6. The third kappa shape index (κ3) is 3.50. The zero-order valence-electron chi connectivity index (χ0n) is 10.9. The minimum absolute atomic E-state index is 0.0626. The summed E-state index contributed by atoms with van der Waals surface area (Å²) in [6.07, 6.45) is 2.36. The SMILES string of the molecule is Cc1cc(Cl)ccc1S(=O)(=O)Nc1cncc(C(=O)O)c1. The third-order valence-corrected chi connectivity index (χ3v) is 4.44. The van der Waals surface area contributed by atoms with Crippen molar-refractivity contribution in [2.75, 3.05) is 4.72 Å². The number of pyridine rings is 1. The molecule has 110 valence electrons. The van der Waals surface area contributed by atoms with Crippen molar-refractivity contribution in [3.63, 3.8) is 0 Å². The number of anilines is 1. The Labute approximate surface area is 126 Å². The Kier molecular flexibility index (Phi) is 4.15. The fraction of sp³-hybridized carbons (Fsp3) is 0.0769. The van der Waals surface area contributed by atoms with E-state index >= 15 is 0 Å². The second-order valence-electron chi connectivity index (χ2n) is 4.28. The molecule has 0 fully saturated rings. The molecule has 0 saturated heterocycles. The van der Waals surface area contributed by atoms with Crippen LogP contribution in [0.15, 0.2) is 41.6 Å². The minimum atomic E-state index is -3.84. The Morgan fingerprint density at radius 2 is 2.00 bits per heavy atom. The van der Waals surface area contributed by atoms with Gasteiger partial charge in [0, 0.05) is 11.2 Å². The lowest BCUT2D eigenvalue weighted by atomic mass is 10.2. The maximum atomic E-state index is 12.3. The van der Waals surface area contributed by atoms with Gasteiger partial charge in [0.05, 0.1) is 22.3 Å². The lowest BCUT2D eigenvalue weighted by Gasteiger charge is -2.10. The van der Waals surface area contributed by atoms with Crippen LogP contribution in [0.4, 0.5) is 5.69 Å². The van der Waals surface area contributed by atoms with Gasteiger partial charge < -0.3 is 5.11 Å². The van der Waals surface area contributed by atoms with E-state index in [1.165, 1.54) is 30.5 Å². The quantitative estimate of drug-likeness (QED) is 0.900. The molecule has 0 atom stereocenters. The summed E-state index contributed by atoms with van der Waals surface area (Å²) in [6.45, 7) is 1.62. The maximum Gasteiger partial charge on any atom is 0.337 e. The molecule has 0 aliphatic rings. The molecule has 0 aliphatic carbocycles. The van der Waals surface area contributed by atoms with E-state index in [-0.39, 0.29) is 16.1 Å². The maximum absolute atomic E-state index is 12.3. The molecule has 0 radical (unpaired) electrons. The molecule has 8 heteroatoms. The van der Waals surface area contributed by atoms with Crippen molar-refractivity contribution in [1.29, 1.82) is 0 Å². The molecule has 2 aromatic rings. The van der Waals surface area contributed by atoms with E-state index in [1.54, 1.807) is 6.92 Å². The molecule has 2 rings (SSSR count). The summed E-state index contributed by atoms with van der Waals surface area (Å²) in [5.41, 5.74) is 0.449. The van der Waals surface area contributed by atoms with Crippen molar-refractivity contribution >= 4 is 33.3 Å². The summed E-state index contributed by atoms with van der Waals surface area (Å²) in [6, 6.07) is 5.57. The topological polar surface area (TPSA) is 96.4 Å². The standard InChI is InChI=1S/C13H11ClN2O4S/c1-8-4-10(14)2-3-12(8)21(19,20)16-11-5-9(13(17)18)6-15-7-11/h2-7,16H,1H3,(H,17,18). The molecular formula is C13H11ClN2O4S. The van der Waals surface area contributed by atoms with Crippen LogP contribution >= 0.6 is 11.6 Å². The Morgan fingerprint density at radius 1 is 1.29 bits per heavy atom. The van der Waals surface area contributed by atoms with E-state index in [9.17, 15) is 13.2 Å². The number of carboxylic acid groups (broad SMARTS) is 1. The van der Waals surface area contributed by atoms with Gasteiger partial charge in [-0.2, -0.15) is 0 Å². The van der Waals surface area contributed by atoms with Gasteiger partial charge in [0.25, 0.3) is 10.0 Å². The number of halogens is 1. The largest absolute Gasteiger partial charge is 0.478 e. The fourth-order valence-electron chi connectivity index (χ4n) is 1.74. The highest BCUT2D eigenvalue weighted by molar-refractivity contribution is 7.92. The fourth-order valence-corrected chi connectivity index (χ4v) is 3.23. The molecule has 0 saturated carbocycles. The van der Waals surface area contributed by atoms with Gasteiger partial charge in [-0.05, 0) is 36.8 Å². The van der Waals surface area contributed by atoms with Gasteiger partial charge in [-0.25, -0.2) is 13.2 Å². The van der Waals surface area contributed by atoms with Crippen LogP contribution in [-0.4, -0.2) is 24.5 Å². The Bertz CT molecular complexity index is 806. The number of nitrogens with one attached hydrogen (secondary N) is 1. The van der Waals surface area contributed by atoms with Crippen molar-refractivity contribution in [2.24, 2.45) is 0 Å². The average Bonchev–Trinajstić information content (AvgIpc) is 2.37. The summed E-state index contributed by atoms with van der Waals surface area (Å²) < 4.78 is 26.9. The van der Waals surface area contributed by atoms with Crippen molar-refractivity contribution in [3.05, 3.63) is 52.8 Å². The summed E-state index contributed by atoms with van der Waals surface area (Å²) >= 11 is 5.79. The van der Waals surface area contributed by atoms with Crippen molar-refractivity contribution < 1.29 is 18.3 Å². The minimum Gasteiger partial charge on any atom is -0.478 e. The molecule has 1 aromatic heterocycles. The number of carboxylic acids is 1. The highest BCUT2D eigenvalue weighted by atomic mass is 35.5.